The number of amidine groups is 1. The van der Waals surface area contributed by atoms with Crippen molar-refractivity contribution >= 4 is 22.8 Å². The molecule has 3 aliphatic heterocycles. The molecule has 0 bridgehead atoms. The Hall–Kier alpha value is -1.95. The molecule has 0 spiro atoms. The highest BCUT2D eigenvalue weighted by atomic mass is 32.2. The average Bonchev–Trinajstić information content (AvgIpc) is 3.09. The summed E-state index contributed by atoms with van der Waals surface area (Å²) in [5, 5.41) is 4.16. The minimum Gasteiger partial charge on any atom is -0.487 e. The molecule has 1 aromatic carbocycles. The van der Waals surface area contributed by atoms with Crippen LogP contribution in [0.2, 0.25) is 0 Å². The number of fused-ring (bicyclic) bond motifs is 2. The van der Waals surface area contributed by atoms with Gasteiger partial charge in [-0.05, 0) is 38.6 Å². The van der Waals surface area contributed by atoms with Crippen LogP contribution in [-0.4, -0.2) is 34.7 Å². The van der Waals surface area contributed by atoms with E-state index in [-0.39, 0.29) is 17.6 Å². The molecule has 1 amide bonds. The van der Waals surface area contributed by atoms with Crippen LogP contribution < -0.4 is 10.1 Å². The van der Waals surface area contributed by atoms with Gasteiger partial charge < -0.3 is 15.0 Å². The smallest absolute Gasteiger partial charge is 0.260 e. The van der Waals surface area contributed by atoms with Crippen molar-refractivity contribution in [1.82, 2.24) is 10.2 Å². The topological polar surface area (TPSA) is 53.9 Å². The van der Waals surface area contributed by atoms with Crippen LogP contribution in [0.4, 0.5) is 0 Å². The van der Waals surface area contributed by atoms with Gasteiger partial charge in [-0.15, -0.1) is 0 Å². The Kier molecular flexibility index (Phi) is 3.60. The summed E-state index contributed by atoms with van der Waals surface area (Å²) in [6.45, 7) is 7.80. The number of thioether (sulfide) groups is 1. The van der Waals surface area contributed by atoms with E-state index in [2.05, 4.69) is 29.1 Å². The van der Waals surface area contributed by atoms with Gasteiger partial charge in [-0.25, -0.2) is 0 Å². The molecule has 0 fully saturated rings. The zero-order valence-electron chi connectivity index (χ0n) is 14.1. The Morgan fingerprint density at radius 2 is 2.21 bits per heavy atom. The lowest BCUT2D eigenvalue weighted by Gasteiger charge is -2.37. The van der Waals surface area contributed by atoms with Crippen LogP contribution in [-0.2, 0) is 4.79 Å². The monoisotopic (exact) mass is 343 g/mol. The molecule has 4 rings (SSSR count). The number of hydrogen-bond acceptors (Lipinski definition) is 5. The van der Waals surface area contributed by atoms with Gasteiger partial charge in [-0.3, -0.25) is 9.79 Å². The molecule has 0 saturated carbocycles. The third-order valence-electron chi connectivity index (χ3n) is 4.62. The fourth-order valence-corrected chi connectivity index (χ4v) is 4.56. The lowest BCUT2D eigenvalue weighted by atomic mass is 9.89. The minimum atomic E-state index is -0.303. The first-order valence-electron chi connectivity index (χ1n) is 8.24. The number of ether oxygens (including phenoxy) is 1. The maximum Gasteiger partial charge on any atom is 0.260 e. The molecule has 0 radical (unpaired) electrons. The van der Waals surface area contributed by atoms with Gasteiger partial charge in [0.25, 0.3) is 5.91 Å². The van der Waals surface area contributed by atoms with Gasteiger partial charge in [0, 0.05) is 24.2 Å². The molecule has 6 heteroatoms. The van der Waals surface area contributed by atoms with E-state index in [1.54, 1.807) is 0 Å². The zero-order chi connectivity index (χ0) is 16.9. The van der Waals surface area contributed by atoms with Crippen LogP contribution in [0, 0.1) is 0 Å². The summed E-state index contributed by atoms with van der Waals surface area (Å²) in [6.07, 6.45) is 0.747. The van der Waals surface area contributed by atoms with Gasteiger partial charge in [0.1, 0.15) is 11.4 Å². The Labute approximate surface area is 146 Å². The fraction of sp³-hybridized carbons (Fsp3) is 0.444. The van der Waals surface area contributed by atoms with Gasteiger partial charge in [-0.1, -0.05) is 18.2 Å². The summed E-state index contributed by atoms with van der Waals surface area (Å²) in [7, 11) is 0. The second kappa shape index (κ2) is 5.55. The molecule has 0 saturated heterocycles. The third-order valence-corrected chi connectivity index (χ3v) is 5.83. The number of para-hydroxylation sites is 1. The highest BCUT2D eigenvalue weighted by molar-refractivity contribution is 8.18. The SMILES string of the molecule is CC1=C(C(=O)N[C@H]2CC(C)(C)Oc3ccccc32)SC2=NCCN21. The van der Waals surface area contributed by atoms with Crippen molar-refractivity contribution in [2.24, 2.45) is 4.99 Å². The Morgan fingerprint density at radius 1 is 1.42 bits per heavy atom. The minimum absolute atomic E-state index is 0.0212. The van der Waals surface area contributed by atoms with E-state index in [0.717, 1.165) is 46.6 Å². The summed E-state index contributed by atoms with van der Waals surface area (Å²) < 4.78 is 6.04. The van der Waals surface area contributed by atoms with Crippen molar-refractivity contribution in [2.45, 2.75) is 38.8 Å². The predicted molar refractivity (Wildman–Crippen MR) is 95.9 cm³/mol. The number of hydrogen-bond donors (Lipinski definition) is 1. The number of nitrogens with zero attached hydrogens (tertiary/aromatic N) is 2. The average molecular weight is 343 g/mol. The van der Waals surface area contributed by atoms with Gasteiger partial charge in [0.05, 0.1) is 17.5 Å². The number of aliphatic imine (C=N–C) groups is 1. The summed E-state index contributed by atoms with van der Waals surface area (Å²) in [5.41, 5.74) is 1.75. The number of allylic oxidation sites excluding steroid dienone is 1. The molecule has 1 aromatic rings. The Bertz CT molecular complexity index is 769. The molecule has 0 aliphatic carbocycles. The molecule has 1 N–H and O–H groups in total. The lowest BCUT2D eigenvalue weighted by Crippen LogP contribution is -2.41. The van der Waals surface area contributed by atoms with Gasteiger partial charge >= 0.3 is 0 Å². The van der Waals surface area contributed by atoms with Crippen LogP contribution in [0.25, 0.3) is 0 Å². The Morgan fingerprint density at radius 3 is 3.00 bits per heavy atom. The largest absolute Gasteiger partial charge is 0.487 e. The number of carbonyl (C=O) groups excluding carboxylic acids is 1. The van der Waals surface area contributed by atoms with Crippen LogP contribution in [0.1, 0.15) is 38.8 Å². The summed E-state index contributed by atoms with van der Waals surface area (Å²) in [6, 6.07) is 7.90. The van der Waals surface area contributed by atoms with Crippen LogP contribution >= 0.6 is 11.8 Å². The number of rotatable bonds is 2. The van der Waals surface area contributed by atoms with E-state index in [1.165, 1.54) is 11.8 Å². The van der Waals surface area contributed by atoms with E-state index in [4.69, 9.17) is 4.74 Å². The number of nitrogens with one attached hydrogen (secondary N) is 1. The van der Waals surface area contributed by atoms with Crippen LogP contribution in [0.5, 0.6) is 5.75 Å². The first-order valence-corrected chi connectivity index (χ1v) is 9.06. The van der Waals surface area contributed by atoms with Crippen molar-refractivity contribution in [3.8, 4) is 5.75 Å². The predicted octanol–water partition coefficient (Wildman–Crippen LogP) is 3.05. The molecule has 3 aliphatic rings. The van der Waals surface area contributed by atoms with E-state index in [0.29, 0.717) is 0 Å². The Balaban J connectivity index is 1.58. The van der Waals surface area contributed by atoms with E-state index in [9.17, 15) is 4.79 Å². The second-order valence-electron chi connectivity index (χ2n) is 6.96. The zero-order valence-corrected chi connectivity index (χ0v) is 14.9. The standard InChI is InChI=1S/C18H21N3O2S/c1-11-15(24-17-19-8-9-21(11)17)16(22)20-13-10-18(2,3)23-14-7-5-4-6-12(13)14/h4-7,13H,8-10H2,1-3H3,(H,20,22)/t13-/m0/s1. The van der Waals surface area contributed by atoms with Gasteiger partial charge in [0.2, 0.25) is 0 Å². The highest BCUT2D eigenvalue weighted by Gasteiger charge is 2.37. The molecular weight excluding hydrogens is 322 g/mol. The molecule has 1 atom stereocenters. The van der Waals surface area contributed by atoms with Crippen molar-refractivity contribution in [2.75, 3.05) is 13.1 Å². The molecular formula is C18H21N3O2S. The number of benzene rings is 1. The van der Waals surface area contributed by atoms with Crippen molar-refractivity contribution < 1.29 is 9.53 Å². The van der Waals surface area contributed by atoms with E-state index >= 15 is 0 Å². The number of amides is 1. The lowest BCUT2D eigenvalue weighted by molar-refractivity contribution is -0.118. The number of carbonyl (C=O) groups is 1. The molecule has 24 heavy (non-hydrogen) atoms. The highest BCUT2D eigenvalue weighted by Crippen LogP contribution is 2.41. The second-order valence-corrected chi connectivity index (χ2v) is 7.94. The van der Waals surface area contributed by atoms with Gasteiger partial charge in [-0.2, -0.15) is 0 Å². The normalized spacial score (nSPS) is 24.2. The summed E-state index contributed by atoms with van der Waals surface area (Å²) in [4.78, 5) is 20.2. The summed E-state index contributed by atoms with van der Waals surface area (Å²) in [5.74, 6) is 0.834. The quantitative estimate of drug-likeness (QED) is 0.897. The van der Waals surface area contributed by atoms with E-state index in [1.807, 2.05) is 31.2 Å². The van der Waals surface area contributed by atoms with Gasteiger partial charge in [0.15, 0.2) is 5.17 Å². The summed E-state index contributed by atoms with van der Waals surface area (Å²) >= 11 is 1.48. The van der Waals surface area contributed by atoms with Crippen molar-refractivity contribution in [3.63, 3.8) is 0 Å². The molecule has 0 aromatic heterocycles. The van der Waals surface area contributed by atoms with Crippen LogP contribution in [0.3, 0.4) is 0 Å². The first-order chi connectivity index (χ1) is 11.4. The maximum absolute atomic E-state index is 12.9. The molecule has 126 valence electrons. The third kappa shape index (κ3) is 2.59. The maximum atomic E-state index is 12.9. The molecule has 5 nitrogen and oxygen atoms in total. The fourth-order valence-electron chi connectivity index (χ4n) is 3.48. The van der Waals surface area contributed by atoms with Crippen molar-refractivity contribution in [1.29, 1.82) is 0 Å². The molecule has 0 unspecified atom stereocenters. The first kappa shape index (κ1) is 15.6. The van der Waals surface area contributed by atoms with Crippen LogP contribution in [0.15, 0.2) is 39.9 Å². The van der Waals surface area contributed by atoms with Crippen molar-refractivity contribution in [3.05, 3.63) is 40.4 Å². The molecule has 3 heterocycles. The van der Waals surface area contributed by atoms with E-state index < -0.39 is 0 Å².